The highest BCUT2D eigenvalue weighted by atomic mass is 19.1. The summed E-state index contributed by atoms with van der Waals surface area (Å²) in [5.41, 5.74) is 3.00. The predicted molar refractivity (Wildman–Crippen MR) is 64.7 cm³/mol. The van der Waals surface area contributed by atoms with Crippen LogP contribution in [0.15, 0.2) is 30.5 Å². The van der Waals surface area contributed by atoms with Gasteiger partial charge in [-0.2, -0.15) is 5.10 Å². The second-order valence-electron chi connectivity index (χ2n) is 3.31. The van der Waals surface area contributed by atoms with E-state index in [1.54, 1.807) is 16.8 Å². The van der Waals surface area contributed by atoms with Gasteiger partial charge < -0.3 is 0 Å². The number of aromatic nitrogens is 2. The Hall–Kier alpha value is -1.64. The zero-order valence-electron chi connectivity index (χ0n) is 10.2. The topological polar surface area (TPSA) is 17.8 Å². The summed E-state index contributed by atoms with van der Waals surface area (Å²) in [4.78, 5) is 0. The first-order chi connectivity index (χ1) is 7.66. The molecule has 0 amide bonds. The van der Waals surface area contributed by atoms with E-state index in [1.165, 1.54) is 12.1 Å². The Balaban J connectivity index is 0.000000606. The molecule has 0 saturated carbocycles. The molecule has 1 heterocycles. The molecule has 2 rings (SSSR count). The fraction of sp³-hybridized carbons (Fsp3) is 0.308. The minimum atomic E-state index is -0.213. The smallest absolute Gasteiger partial charge is 0.123 e. The maximum atomic E-state index is 12.7. The third kappa shape index (κ3) is 2.69. The van der Waals surface area contributed by atoms with Crippen LogP contribution in [0.25, 0.3) is 11.1 Å². The Morgan fingerprint density at radius 3 is 2.12 bits per heavy atom. The highest BCUT2D eigenvalue weighted by Gasteiger charge is 2.05. The maximum absolute atomic E-state index is 12.7. The number of nitrogens with zero attached hydrogens (tertiary/aromatic N) is 2. The highest BCUT2D eigenvalue weighted by molar-refractivity contribution is 5.64. The van der Waals surface area contributed by atoms with Crippen molar-refractivity contribution < 1.29 is 4.39 Å². The first-order valence-corrected chi connectivity index (χ1v) is 5.43. The molecule has 3 heteroatoms. The fourth-order valence-corrected chi connectivity index (χ4v) is 1.51. The van der Waals surface area contributed by atoms with Gasteiger partial charge in [-0.3, -0.25) is 4.68 Å². The van der Waals surface area contributed by atoms with Gasteiger partial charge in [-0.05, 0) is 24.6 Å². The summed E-state index contributed by atoms with van der Waals surface area (Å²) in [6.07, 6.45) is 1.93. The predicted octanol–water partition coefficient (Wildman–Crippen LogP) is 3.56. The summed E-state index contributed by atoms with van der Waals surface area (Å²) in [6, 6.07) is 6.45. The zero-order valence-corrected chi connectivity index (χ0v) is 10.2. The summed E-state index contributed by atoms with van der Waals surface area (Å²) in [5, 5.41) is 4.23. The number of rotatable bonds is 1. The van der Waals surface area contributed by atoms with Crippen molar-refractivity contribution in [1.82, 2.24) is 9.78 Å². The molecule has 0 aliphatic heterocycles. The van der Waals surface area contributed by atoms with Crippen molar-refractivity contribution in [3.05, 3.63) is 42.0 Å². The van der Waals surface area contributed by atoms with Crippen molar-refractivity contribution in [2.24, 2.45) is 7.05 Å². The third-order valence-corrected chi connectivity index (χ3v) is 2.17. The molecule has 1 aromatic heterocycles. The Morgan fingerprint density at radius 2 is 1.69 bits per heavy atom. The van der Waals surface area contributed by atoms with Crippen LogP contribution in [0.3, 0.4) is 0 Å². The van der Waals surface area contributed by atoms with E-state index in [-0.39, 0.29) is 5.82 Å². The average Bonchev–Trinajstić information content (AvgIpc) is 2.62. The van der Waals surface area contributed by atoms with Crippen LogP contribution in [-0.2, 0) is 7.05 Å². The molecule has 0 unspecified atom stereocenters. The van der Waals surface area contributed by atoms with Gasteiger partial charge in [0.05, 0.1) is 5.69 Å². The molecule has 2 aromatic rings. The van der Waals surface area contributed by atoms with Gasteiger partial charge in [0.1, 0.15) is 5.82 Å². The summed E-state index contributed by atoms with van der Waals surface area (Å²) < 4.78 is 14.4. The quantitative estimate of drug-likeness (QED) is 0.718. The van der Waals surface area contributed by atoms with E-state index in [1.807, 2.05) is 34.0 Å². The second kappa shape index (κ2) is 5.45. The average molecular weight is 220 g/mol. The lowest BCUT2D eigenvalue weighted by Gasteiger charge is -1.97. The number of aryl methyl sites for hydroxylation is 2. The normalized spacial score (nSPS) is 9.56. The summed E-state index contributed by atoms with van der Waals surface area (Å²) >= 11 is 0. The molecule has 0 aliphatic rings. The van der Waals surface area contributed by atoms with Gasteiger partial charge >= 0.3 is 0 Å². The Bertz CT molecular complexity index is 443. The first-order valence-electron chi connectivity index (χ1n) is 5.43. The molecule has 0 spiro atoms. The lowest BCUT2D eigenvalue weighted by atomic mass is 10.1. The van der Waals surface area contributed by atoms with E-state index in [0.717, 1.165) is 16.8 Å². The molecule has 0 fully saturated rings. The van der Waals surface area contributed by atoms with Gasteiger partial charge in [0.2, 0.25) is 0 Å². The van der Waals surface area contributed by atoms with Crippen molar-refractivity contribution in [3.8, 4) is 11.1 Å². The van der Waals surface area contributed by atoms with Crippen LogP contribution >= 0.6 is 0 Å². The van der Waals surface area contributed by atoms with Crippen molar-refractivity contribution >= 4 is 0 Å². The zero-order chi connectivity index (χ0) is 12.1. The van der Waals surface area contributed by atoms with Crippen molar-refractivity contribution in [2.75, 3.05) is 0 Å². The first kappa shape index (κ1) is 12.4. The molecule has 0 saturated heterocycles. The number of benzene rings is 1. The summed E-state index contributed by atoms with van der Waals surface area (Å²) in [6.45, 7) is 5.94. The molecule has 16 heavy (non-hydrogen) atoms. The summed E-state index contributed by atoms with van der Waals surface area (Å²) in [7, 11) is 1.88. The SMILES string of the molecule is CC.Cc1nn(C)cc1-c1ccc(F)cc1. The van der Waals surface area contributed by atoms with Gasteiger partial charge in [-0.15, -0.1) is 0 Å². The fourth-order valence-electron chi connectivity index (χ4n) is 1.51. The van der Waals surface area contributed by atoms with Gasteiger partial charge in [-0.1, -0.05) is 26.0 Å². The van der Waals surface area contributed by atoms with Crippen LogP contribution in [0.5, 0.6) is 0 Å². The van der Waals surface area contributed by atoms with E-state index >= 15 is 0 Å². The van der Waals surface area contributed by atoms with Crippen molar-refractivity contribution in [3.63, 3.8) is 0 Å². The van der Waals surface area contributed by atoms with Gasteiger partial charge in [0.15, 0.2) is 0 Å². The van der Waals surface area contributed by atoms with Crippen LogP contribution in [0.1, 0.15) is 19.5 Å². The standard InChI is InChI=1S/C11H11FN2.C2H6/c1-8-11(7-14(2)13-8)9-3-5-10(12)6-4-9;1-2/h3-7H,1-2H3;1-2H3. The van der Waals surface area contributed by atoms with E-state index in [9.17, 15) is 4.39 Å². The maximum Gasteiger partial charge on any atom is 0.123 e. The number of hydrogen-bond donors (Lipinski definition) is 0. The van der Waals surface area contributed by atoms with Crippen LogP contribution in [0.4, 0.5) is 4.39 Å². The van der Waals surface area contributed by atoms with Gasteiger partial charge in [0, 0.05) is 18.8 Å². The van der Waals surface area contributed by atoms with E-state index in [4.69, 9.17) is 0 Å². The van der Waals surface area contributed by atoms with Crippen LogP contribution in [-0.4, -0.2) is 9.78 Å². The molecule has 86 valence electrons. The van der Waals surface area contributed by atoms with Crippen LogP contribution in [0.2, 0.25) is 0 Å². The summed E-state index contributed by atoms with van der Waals surface area (Å²) in [5.74, 6) is -0.213. The molecular weight excluding hydrogens is 203 g/mol. The van der Waals surface area contributed by atoms with Crippen molar-refractivity contribution in [1.29, 1.82) is 0 Å². The molecule has 0 atom stereocenters. The van der Waals surface area contributed by atoms with Crippen LogP contribution in [0, 0.1) is 12.7 Å². The molecule has 0 aliphatic carbocycles. The van der Waals surface area contributed by atoms with Crippen molar-refractivity contribution in [2.45, 2.75) is 20.8 Å². The Morgan fingerprint density at radius 1 is 1.12 bits per heavy atom. The van der Waals surface area contributed by atoms with E-state index in [2.05, 4.69) is 5.10 Å². The molecule has 0 N–H and O–H groups in total. The van der Waals surface area contributed by atoms with E-state index < -0.39 is 0 Å². The lowest BCUT2D eigenvalue weighted by Crippen LogP contribution is -1.86. The van der Waals surface area contributed by atoms with Crippen LogP contribution < -0.4 is 0 Å². The van der Waals surface area contributed by atoms with Gasteiger partial charge in [0.25, 0.3) is 0 Å². The lowest BCUT2D eigenvalue weighted by molar-refractivity contribution is 0.628. The van der Waals surface area contributed by atoms with E-state index in [0.29, 0.717) is 0 Å². The second-order valence-corrected chi connectivity index (χ2v) is 3.31. The molecule has 1 aromatic carbocycles. The number of hydrogen-bond acceptors (Lipinski definition) is 1. The largest absolute Gasteiger partial charge is 0.275 e. The molecule has 0 radical (unpaired) electrons. The van der Waals surface area contributed by atoms with Gasteiger partial charge in [-0.25, -0.2) is 4.39 Å². The third-order valence-electron chi connectivity index (χ3n) is 2.17. The highest BCUT2D eigenvalue weighted by Crippen LogP contribution is 2.21. The minimum Gasteiger partial charge on any atom is -0.275 e. The Labute approximate surface area is 95.7 Å². The number of halogens is 1. The monoisotopic (exact) mass is 220 g/mol. The molecular formula is C13H17FN2. The molecule has 0 bridgehead atoms. The minimum absolute atomic E-state index is 0.213. The molecule has 2 nitrogen and oxygen atoms in total. The Kier molecular flexibility index (Phi) is 4.23.